The SMILES string of the molecule is Cc1ccc(-c2cn[nH]c2[C@H]2CCCN(c3cccc(C#N)n3)C2)cc1. The van der Waals surface area contributed by atoms with Crippen molar-refractivity contribution in [2.75, 3.05) is 18.0 Å². The van der Waals surface area contributed by atoms with Crippen molar-refractivity contribution in [3.8, 4) is 17.2 Å². The van der Waals surface area contributed by atoms with Crippen LogP contribution in [-0.2, 0) is 0 Å². The summed E-state index contributed by atoms with van der Waals surface area (Å²) in [4.78, 5) is 6.73. The quantitative estimate of drug-likeness (QED) is 0.779. The van der Waals surface area contributed by atoms with Crippen LogP contribution < -0.4 is 4.90 Å². The van der Waals surface area contributed by atoms with E-state index in [1.54, 1.807) is 6.07 Å². The van der Waals surface area contributed by atoms with Crippen LogP contribution in [0.5, 0.6) is 0 Å². The maximum atomic E-state index is 9.10. The summed E-state index contributed by atoms with van der Waals surface area (Å²) in [6.07, 6.45) is 4.14. The second kappa shape index (κ2) is 7.01. The Balaban J connectivity index is 1.60. The van der Waals surface area contributed by atoms with Gasteiger partial charge < -0.3 is 4.90 Å². The summed E-state index contributed by atoms with van der Waals surface area (Å²) in [6.45, 7) is 3.94. The smallest absolute Gasteiger partial charge is 0.142 e. The molecule has 1 fully saturated rings. The Morgan fingerprint density at radius 3 is 2.85 bits per heavy atom. The number of hydrogen-bond acceptors (Lipinski definition) is 4. The highest BCUT2D eigenvalue weighted by Crippen LogP contribution is 2.34. The van der Waals surface area contributed by atoms with Gasteiger partial charge in [-0.05, 0) is 37.5 Å². The van der Waals surface area contributed by atoms with E-state index in [1.807, 2.05) is 18.3 Å². The van der Waals surface area contributed by atoms with E-state index in [-0.39, 0.29) is 0 Å². The number of pyridine rings is 1. The van der Waals surface area contributed by atoms with E-state index in [4.69, 9.17) is 5.26 Å². The lowest BCUT2D eigenvalue weighted by Gasteiger charge is -2.33. The number of nitriles is 1. The minimum atomic E-state index is 0.370. The van der Waals surface area contributed by atoms with E-state index in [2.05, 4.69) is 57.3 Å². The Morgan fingerprint density at radius 1 is 1.19 bits per heavy atom. The molecule has 1 atom stereocenters. The molecule has 130 valence electrons. The van der Waals surface area contributed by atoms with Crippen molar-refractivity contribution in [2.24, 2.45) is 0 Å². The summed E-state index contributed by atoms with van der Waals surface area (Å²) in [5.41, 5.74) is 5.28. The molecule has 3 aromatic rings. The Labute approximate surface area is 153 Å². The number of piperidine rings is 1. The van der Waals surface area contributed by atoms with Gasteiger partial charge in [0.2, 0.25) is 0 Å². The summed E-state index contributed by atoms with van der Waals surface area (Å²) in [5, 5.41) is 16.7. The first-order chi connectivity index (χ1) is 12.7. The van der Waals surface area contributed by atoms with Gasteiger partial charge >= 0.3 is 0 Å². The van der Waals surface area contributed by atoms with Crippen molar-refractivity contribution in [3.63, 3.8) is 0 Å². The zero-order chi connectivity index (χ0) is 17.9. The minimum Gasteiger partial charge on any atom is -0.356 e. The lowest BCUT2D eigenvalue weighted by Crippen LogP contribution is -2.35. The molecule has 3 heterocycles. The van der Waals surface area contributed by atoms with E-state index in [1.165, 1.54) is 22.4 Å². The molecule has 26 heavy (non-hydrogen) atoms. The van der Waals surface area contributed by atoms with Gasteiger partial charge in [-0.15, -0.1) is 0 Å². The fourth-order valence-corrected chi connectivity index (χ4v) is 3.65. The third-order valence-corrected chi connectivity index (χ3v) is 5.03. The van der Waals surface area contributed by atoms with Crippen LogP contribution >= 0.6 is 0 Å². The fraction of sp³-hybridized carbons (Fsp3) is 0.286. The zero-order valence-corrected chi connectivity index (χ0v) is 14.8. The monoisotopic (exact) mass is 343 g/mol. The van der Waals surface area contributed by atoms with Crippen molar-refractivity contribution >= 4 is 5.82 Å². The van der Waals surface area contributed by atoms with Crippen molar-refractivity contribution in [2.45, 2.75) is 25.7 Å². The van der Waals surface area contributed by atoms with Gasteiger partial charge in [-0.2, -0.15) is 10.4 Å². The van der Waals surface area contributed by atoms with E-state index in [0.29, 0.717) is 11.6 Å². The number of benzene rings is 1. The van der Waals surface area contributed by atoms with E-state index in [9.17, 15) is 0 Å². The molecule has 0 radical (unpaired) electrons. The molecule has 4 rings (SSSR count). The van der Waals surface area contributed by atoms with Crippen LogP contribution in [0.15, 0.2) is 48.7 Å². The first kappa shape index (κ1) is 16.3. The van der Waals surface area contributed by atoms with Gasteiger partial charge in [0, 0.05) is 30.3 Å². The highest BCUT2D eigenvalue weighted by atomic mass is 15.2. The zero-order valence-electron chi connectivity index (χ0n) is 14.8. The summed E-state index contributed by atoms with van der Waals surface area (Å²) in [5.74, 6) is 1.25. The minimum absolute atomic E-state index is 0.370. The molecule has 0 unspecified atom stereocenters. The second-order valence-corrected chi connectivity index (χ2v) is 6.84. The van der Waals surface area contributed by atoms with E-state index >= 15 is 0 Å². The molecule has 1 aliphatic rings. The molecular formula is C21H21N5. The molecule has 0 spiro atoms. The van der Waals surface area contributed by atoms with Crippen LogP contribution in [0, 0.1) is 18.3 Å². The van der Waals surface area contributed by atoms with Crippen LogP contribution in [0.25, 0.3) is 11.1 Å². The first-order valence-electron chi connectivity index (χ1n) is 8.97. The van der Waals surface area contributed by atoms with E-state index in [0.717, 1.165) is 31.7 Å². The van der Waals surface area contributed by atoms with Crippen LogP contribution in [0.4, 0.5) is 5.82 Å². The maximum Gasteiger partial charge on any atom is 0.142 e. The number of H-pyrrole nitrogens is 1. The molecule has 1 N–H and O–H groups in total. The van der Waals surface area contributed by atoms with Gasteiger partial charge in [0.25, 0.3) is 0 Å². The van der Waals surface area contributed by atoms with Crippen LogP contribution in [-0.4, -0.2) is 28.3 Å². The van der Waals surface area contributed by atoms with Crippen LogP contribution in [0.1, 0.15) is 35.7 Å². The predicted molar refractivity (Wildman–Crippen MR) is 102 cm³/mol. The molecule has 1 saturated heterocycles. The lowest BCUT2D eigenvalue weighted by atomic mass is 9.90. The molecular weight excluding hydrogens is 322 g/mol. The van der Waals surface area contributed by atoms with Crippen molar-refractivity contribution in [1.82, 2.24) is 15.2 Å². The lowest BCUT2D eigenvalue weighted by molar-refractivity contribution is 0.498. The van der Waals surface area contributed by atoms with Gasteiger partial charge in [0.15, 0.2) is 0 Å². The highest BCUT2D eigenvalue weighted by Gasteiger charge is 2.26. The summed E-state index contributed by atoms with van der Waals surface area (Å²) >= 11 is 0. The van der Waals surface area contributed by atoms with Crippen LogP contribution in [0.3, 0.4) is 0 Å². The molecule has 0 amide bonds. The van der Waals surface area contributed by atoms with Gasteiger partial charge in [0.05, 0.1) is 6.20 Å². The number of hydrogen-bond donors (Lipinski definition) is 1. The summed E-state index contributed by atoms with van der Waals surface area (Å²) in [6, 6.07) is 16.3. The van der Waals surface area contributed by atoms with Gasteiger partial charge in [-0.3, -0.25) is 5.10 Å². The molecule has 5 nitrogen and oxygen atoms in total. The van der Waals surface area contributed by atoms with E-state index < -0.39 is 0 Å². The normalized spacial score (nSPS) is 17.1. The maximum absolute atomic E-state index is 9.10. The number of nitrogens with zero attached hydrogens (tertiary/aromatic N) is 4. The number of rotatable bonds is 3. The number of aromatic amines is 1. The highest BCUT2D eigenvalue weighted by molar-refractivity contribution is 5.66. The number of nitrogens with one attached hydrogen (secondary N) is 1. The second-order valence-electron chi connectivity index (χ2n) is 6.84. The number of aryl methyl sites for hydroxylation is 1. The first-order valence-corrected chi connectivity index (χ1v) is 8.97. The Bertz CT molecular complexity index is 936. The van der Waals surface area contributed by atoms with Crippen molar-refractivity contribution in [3.05, 3.63) is 65.6 Å². The molecule has 0 saturated carbocycles. The molecule has 2 aromatic heterocycles. The third-order valence-electron chi connectivity index (χ3n) is 5.03. The summed E-state index contributed by atoms with van der Waals surface area (Å²) < 4.78 is 0. The Kier molecular flexibility index (Phi) is 4.40. The van der Waals surface area contributed by atoms with Crippen molar-refractivity contribution in [1.29, 1.82) is 5.26 Å². The van der Waals surface area contributed by atoms with Gasteiger partial charge in [-0.25, -0.2) is 4.98 Å². The molecule has 0 aliphatic carbocycles. The van der Waals surface area contributed by atoms with Crippen molar-refractivity contribution < 1.29 is 0 Å². The third kappa shape index (κ3) is 3.18. The molecule has 0 bridgehead atoms. The van der Waals surface area contributed by atoms with Gasteiger partial charge in [0.1, 0.15) is 17.6 Å². The van der Waals surface area contributed by atoms with Gasteiger partial charge in [-0.1, -0.05) is 35.9 Å². The predicted octanol–water partition coefficient (Wildman–Crippen LogP) is 4.04. The Morgan fingerprint density at radius 2 is 2.04 bits per heavy atom. The molecule has 5 heteroatoms. The standard InChI is InChI=1S/C21H21N5/c1-15-7-9-16(10-8-15)19-13-23-25-21(19)17-4-3-11-26(14-17)20-6-2-5-18(12-22)24-20/h2,5-10,13,17H,3-4,11,14H2,1H3,(H,23,25)/t17-/m0/s1. The topological polar surface area (TPSA) is 68.6 Å². The Hall–Kier alpha value is -3.13. The molecule has 1 aliphatic heterocycles. The number of anilines is 1. The average molecular weight is 343 g/mol. The largest absolute Gasteiger partial charge is 0.356 e. The summed E-state index contributed by atoms with van der Waals surface area (Å²) in [7, 11) is 0. The molecule has 1 aromatic carbocycles. The van der Waals surface area contributed by atoms with Crippen LogP contribution in [0.2, 0.25) is 0 Å². The average Bonchev–Trinajstić information content (AvgIpc) is 3.18. The fourth-order valence-electron chi connectivity index (χ4n) is 3.65. The number of aromatic nitrogens is 3.